The van der Waals surface area contributed by atoms with E-state index in [4.69, 9.17) is 15.6 Å². The maximum absolute atomic E-state index is 11.6. The standard InChI is InChI=1S/C11H17N3O4S/c1-6-9(11(16)17)19-8(14-6)5-13-10(15)7(12)3-4-18-2/h7H,3-5,12H2,1-2H3,(H,13,15)(H,16,17). The molecule has 1 atom stereocenters. The monoisotopic (exact) mass is 287 g/mol. The molecule has 1 amide bonds. The number of aromatic nitrogens is 1. The Morgan fingerprint density at radius 3 is 2.79 bits per heavy atom. The van der Waals surface area contributed by atoms with Crippen LogP contribution in [0.2, 0.25) is 0 Å². The van der Waals surface area contributed by atoms with Gasteiger partial charge in [-0.05, 0) is 13.3 Å². The van der Waals surface area contributed by atoms with Gasteiger partial charge < -0.3 is 20.9 Å². The molecule has 0 aliphatic heterocycles. The quantitative estimate of drug-likeness (QED) is 0.656. The van der Waals surface area contributed by atoms with Crippen molar-refractivity contribution in [3.63, 3.8) is 0 Å². The lowest BCUT2D eigenvalue weighted by atomic mass is 10.2. The predicted molar refractivity (Wildman–Crippen MR) is 70.1 cm³/mol. The molecule has 7 nitrogen and oxygen atoms in total. The third-order valence-corrected chi connectivity index (χ3v) is 3.56. The van der Waals surface area contributed by atoms with Crippen molar-refractivity contribution in [2.24, 2.45) is 5.73 Å². The van der Waals surface area contributed by atoms with Crippen molar-refractivity contribution in [2.45, 2.75) is 25.9 Å². The Labute approximate surface area is 114 Å². The summed E-state index contributed by atoms with van der Waals surface area (Å²) in [4.78, 5) is 26.7. The van der Waals surface area contributed by atoms with Crippen LogP contribution < -0.4 is 11.1 Å². The molecule has 8 heteroatoms. The van der Waals surface area contributed by atoms with E-state index in [1.165, 1.54) is 7.11 Å². The van der Waals surface area contributed by atoms with Gasteiger partial charge in [-0.15, -0.1) is 11.3 Å². The molecule has 0 radical (unpaired) electrons. The minimum atomic E-state index is -1.01. The van der Waals surface area contributed by atoms with E-state index in [0.717, 1.165) is 11.3 Å². The van der Waals surface area contributed by atoms with Gasteiger partial charge >= 0.3 is 5.97 Å². The average molecular weight is 287 g/mol. The van der Waals surface area contributed by atoms with Gasteiger partial charge in [0.05, 0.1) is 18.3 Å². The fourth-order valence-corrected chi connectivity index (χ4v) is 2.24. The Balaban J connectivity index is 2.50. The maximum atomic E-state index is 11.6. The molecule has 0 bridgehead atoms. The highest BCUT2D eigenvalue weighted by molar-refractivity contribution is 7.13. The molecule has 1 rings (SSSR count). The first-order valence-corrected chi connectivity index (χ1v) is 6.49. The first kappa shape index (κ1) is 15.5. The Bertz CT molecular complexity index is 461. The summed E-state index contributed by atoms with van der Waals surface area (Å²) in [5.41, 5.74) is 6.10. The molecule has 1 aromatic heterocycles. The second-order valence-corrected chi connectivity index (χ2v) is 5.02. The van der Waals surface area contributed by atoms with Crippen molar-refractivity contribution in [3.8, 4) is 0 Å². The number of carbonyl (C=O) groups excluding carboxylic acids is 1. The Kier molecular flexibility index (Phi) is 5.87. The number of carboxylic acid groups (broad SMARTS) is 1. The SMILES string of the molecule is COCCC(N)C(=O)NCc1nc(C)c(C(=O)O)s1. The Morgan fingerprint density at radius 2 is 2.26 bits per heavy atom. The van der Waals surface area contributed by atoms with Gasteiger partial charge in [0, 0.05) is 13.7 Å². The van der Waals surface area contributed by atoms with Crippen LogP contribution in [0.15, 0.2) is 0 Å². The number of nitrogens with zero attached hydrogens (tertiary/aromatic N) is 1. The van der Waals surface area contributed by atoms with Crippen LogP contribution in [-0.2, 0) is 16.1 Å². The van der Waals surface area contributed by atoms with E-state index in [9.17, 15) is 9.59 Å². The van der Waals surface area contributed by atoms with E-state index in [1.807, 2.05) is 0 Å². The third kappa shape index (κ3) is 4.58. The summed E-state index contributed by atoms with van der Waals surface area (Å²) in [6.07, 6.45) is 0.430. The van der Waals surface area contributed by atoms with E-state index in [-0.39, 0.29) is 17.3 Å². The first-order chi connectivity index (χ1) is 8.95. The highest BCUT2D eigenvalue weighted by atomic mass is 32.1. The Hall–Kier alpha value is -1.51. The molecular weight excluding hydrogens is 270 g/mol. The van der Waals surface area contributed by atoms with Crippen molar-refractivity contribution < 1.29 is 19.4 Å². The number of aromatic carboxylic acids is 1. The molecule has 19 heavy (non-hydrogen) atoms. The zero-order valence-electron chi connectivity index (χ0n) is 10.8. The van der Waals surface area contributed by atoms with E-state index in [1.54, 1.807) is 6.92 Å². The third-order valence-electron chi connectivity index (χ3n) is 2.42. The van der Waals surface area contributed by atoms with Gasteiger partial charge in [0.25, 0.3) is 0 Å². The molecule has 0 saturated heterocycles. The number of amides is 1. The summed E-state index contributed by atoms with van der Waals surface area (Å²) in [6.45, 7) is 2.21. The smallest absolute Gasteiger partial charge is 0.347 e. The lowest BCUT2D eigenvalue weighted by molar-refractivity contribution is -0.122. The maximum Gasteiger partial charge on any atom is 0.347 e. The Morgan fingerprint density at radius 1 is 1.58 bits per heavy atom. The van der Waals surface area contributed by atoms with Crippen LogP contribution in [0, 0.1) is 6.92 Å². The van der Waals surface area contributed by atoms with Crippen molar-refractivity contribution in [1.29, 1.82) is 0 Å². The summed E-state index contributed by atoms with van der Waals surface area (Å²) in [6, 6.07) is -0.639. The van der Waals surface area contributed by atoms with Crippen molar-refractivity contribution >= 4 is 23.2 Å². The van der Waals surface area contributed by atoms with Gasteiger partial charge in [-0.3, -0.25) is 4.79 Å². The number of rotatable bonds is 7. The number of hydrogen-bond acceptors (Lipinski definition) is 6. The van der Waals surface area contributed by atoms with Gasteiger partial charge in [-0.2, -0.15) is 0 Å². The molecule has 0 spiro atoms. The molecule has 1 unspecified atom stereocenters. The van der Waals surface area contributed by atoms with Gasteiger partial charge in [-0.1, -0.05) is 0 Å². The summed E-state index contributed by atoms with van der Waals surface area (Å²) in [7, 11) is 1.54. The molecule has 4 N–H and O–H groups in total. The number of thiazole rings is 1. The summed E-state index contributed by atoms with van der Waals surface area (Å²) in [5.74, 6) is -1.31. The molecule has 1 aromatic rings. The van der Waals surface area contributed by atoms with Crippen molar-refractivity contribution in [2.75, 3.05) is 13.7 Å². The molecule has 0 aliphatic carbocycles. The summed E-state index contributed by atoms with van der Waals surface area (Å²) >= 11 is 1.05. The van der Waals surface area contributed by atoms with Crippen molar-refractivity contribution in [1.82, 2.24) is 10.3 Å². The molecule has 1 heterocycles. The number of nitrogens with two attached hydrogens (primary N) is 1. The van der Waals surface area contributed by atoms with E-state index < -0.39 is 12.0 Å². The van der Waals surface area contributed by atoms with Crippen LogP contribution in [0.5, 0.6) is 0 Å². The van der Waals surface area contributed by atoms with E-state index >= 15 is 0 Å². The van der Waals surface area contributed by atoms with Gasteiger partial charge in [0.15, 0.2) is 0 Å². The number of aryl methyl sites for hydroxylation is 1. The lowest BCUT2D eigenvalue weighted by Gasteiger charge is -2.10. The predicted octanol–water partition coefficient (Wildman–Crippen LogP) is 0.130. The van der Waals surface area contributed by atoms with Crippen LogP contribution in [0.3, 0.4) is 0 Å². The number of carbonyl (C=O) groups is 2. The molecular formula is C11H17N3O4S. The molecule has 0 saturated carbocycles. The first-order valence-electron chi connectivity index (χ1n) is 5.67. The number of carboxylic acids is 1. The van der Waals surface area contributed by atoms with Crippen LogP contribution in [0.1, 0.15) is 26.8 Å². The zero-order valence-corrected chi connectivity index (χ0v) is 11.6. The fourth-order valence-electron chi connectivity index (χ4n) is 1.40. The average Bonchev–Trinajstić information content (AvgIpc) is 2.74. The molecule has 0 aromatic carbocycles. The van der Waals surface area contributed by atoms with Gasteiger partial charge in [0.1, 0.15) is 9.88 Å². The zero-order chi connectivity index (χ0) is 14.4. The second-order valence-electron chi connectivity index (χ2n) is 3.93. The molecule has 0 fully saturated rings. The number of hydrogen-bond donors (Lipinski definition) is 3. The van der Waals surface area contributed by atoms with Crippen LogP contribution in [-0.4, -0.2) is 41.7 Å². The van der Waals surface area contributed by atoms with E-state index in [0.29, 0.717) is 23.7 Å². The van der Waals surface area contributed by atoms with Crippen LogP contribution in [0.4, 0.5) is 0 Å². The second kappa shape index (κ2) is 7.17. The van der Waals surface area contributed by atoms with Gasteiger partial charge in [0.2, 0.25) is 5.91 Å². The minimum absolute atomic E-state index is 0.179. The lowest BCUT2D eigenvalue weighted by Crippen LogP contribution is -2.40. The highest BCUT2D eigenvalue weighted by Crippen LogP contribution is 2.17. The normalized spacial score (nSPS) is 12.2. The number of ether oxygens (including phenoxy) is 1. The van der Waals surface area contributed by atoms with Crippen LogP contribution in [0.25, 0.3) is 0 Å². The summed E-state index contributed by atoms with van der Waals surface area (Å²) < 4.78 is 4.84. The van der Waals surface area contributed by atoms with Crippen molar-refractivity contribution in [3.05, 3.63) is 15.6 Å². The highest BCUT2D eigenvalue weighted by Gasteiger charge is 2.16. The van der Waals surface area contributed by atoms with E-state index in [2.05, 4.69) is 10.3 Å². The largest absolute Gasteiger partial charge is 0.477 e. The number of methoxy groups -OCH3 is 1. The van der Waals surface area contributed by atoms with Gasteiger partial charge in [-0.25, -0.2) is 9.78 Å². The minimum Gasteiger partial charge on any atom is -0.477 e. The van der Waals surface area contributed by atoms with Crippen LogP contribution >= 0.6 is 11.3 Å². The molecule has 0 aliphatic rings. The topological polar surface area (TPSA) is 115 Å². The fraction of sp³-hybridized carbons (Fsp3) is 0.545. The number of nitrogens with one attached hydrogen (secondary N) is 1. The summed E-state index contributed by atoms with van der Waals surface area (Å²) in [5, 5.41) is 12.1. The molecule has 106 valence electrons.